The Bertz CT molecular complexity index is 1350. The number of anilines is 1. The van der Waals surface area contributed by atoms with Crippen LogP contribution in [0.4, 0.5) is 5.69 Å². The predicted octanol–water partition coefficient (Wildman–Crippen LogP) is 1.17. The van der Waals surface area contributed by atoms with E-state index in [-0.39, 0.29) is 29.7 Å². The number of hydrogen-bond acceptors (Lipinski definition) is 6. The van der Waals surface area contributed by atoms with E-state index >= 15 is 0 Å². The fourth-order valence-electron chi connectivity index (χ4n) is 3.54. The number of hydrogen-bond donors (Lipinski definition) is 1. The molecular weight excluding hydrogens is 404 g/mol. The number of carbonyl (C=O) groups is 1. The smallest absolute Gasteiger partial charge is 0.332 e. The molecule has 0 aliphatic carbocycles. The second kappa shape index (κ2) is 8.50. The van der Waals surface area contributed by atoms with Crippen LogP contribution in [0.5, 0.6) is 11.5 Å². The first kappa shape index (κ1) is 21.9. The van der Waals surface area contributed by atoms with Crippen molar-refractivity contribution < 1.29 is 14.3 Å². The molecule has 0 aliphatic rings. The van der Waals surface area contributed by atoms with Gasteiger partial charge < -0.3 is 14.8 Å². The van der Waals surface area contributed by atoms with Crippen LogP contribution in [0.1, 0.15) is 24.2 Å². The number of fused-ring (bicyclic) bond motifs is 1. The summed E-state index contributed by atoms with van der Waals surface area (Å²) < 4.78 is 14.0. The highest BCUT2D eigenvalue weighted by Gasteiger charge is 2.22. The lowest BCUT2D eigenvalue weighted by Gasteiger charge is -2.17. The van der Waals surface area contributed by atoms with Gasteiger partial charge in [0.2, 0.25) is 0 Å². The minimum absolute atomic E-state index is 0.00428. The van der Waals surface area contributed by atoms with Crippen molar-refractivity contribution >= 4 is 22.6 Å². The highest BCUT2D eigenvalue weighted by atomic mass is 16.5. The maximum atomic E-state index is 13.2. The Balaban J connectivity index is 2.29. The van der Waals surface area contributed by atoms with E-state index in [2.05, 4.69) is 5.32 Å². The number of methoxy groups -OCH3 is 2. The molecule has 0 aliphatic heterocycles. The van der Waals surface area contributed by atoms with Gasteiger partial charge >= 0.3 is 5.69 Å². The molecule has 0 fully saturated rings. The first-order valence-electron chi connectivity index (χ1n) is 9.69. The number of nitrogens with zero attached hydrogens (tertiary/aromatic N) is 3. The second-order valence-corrected chi connectivity index (χ2v) is 6.75. The maximum absolute atomic E-state index is 13.2. The number of amides is 1. The number of pyridine rings is 1. The summed E-state index contributed by atoms with van der Waals surface area (Å²) in [4.78, 5) is 51.6. The molecule has 0 spiro atoms. The lowest BCUT2D eigenvalue weighted by Crippen LogP contribution is -2.42. The van der Waals surface area contributed by atoms with Gasteiger partial charge in [-0.1, -0.05) is 0 Å². The Morgan fingerprint density at radius 1 is 1.00 bits per heavy atom. The van der Waals surface area contributed by atoms with Gasteiger partial charge in [-0.25, -0.2) is 4.79 Å². The lowest BCUT2D eigenvalue weighted by molar-refractivity contribution is 0.102. The fourth-order valence-corrected chi connectivity index (χ4v) is 3.54. The molecule has 164 valence electrons. The molecule has 0 radical (unpaired) electrons. The van der Waals surface area contributed by atoms with Gasteiger partial charge in [0.05, 0.1) is 30.9 Å². The molecule has 31 heavy (non-hydrogen) atoms. The molecule has 1 amide bonds. The highest BCUT2D eigenvalue weighted by molar-refractivity contribution is 6.12. The van der Waals surface area contributed by atoms with Gasteiger partial charge in [-0.05, 0) is 26.0 Å². The Hall–Kier alpha value is -3.82. The average Bonchev–Trinajstić information content (AvgIpc) is 2.77. The van der Waals surface area contributed by atoms with E-state index < -0.39 is 22.7 Å². The van der Waals surface area contributed by atoms with Crippen LogP contribution in [-0.2, 0) is 20.1 Å². The third-order valence-corrected chi connectivity index (χ3v) is 5.11. The van der Waals surface area contributed by atoms with E-state index in [9.17, 15) is 19.2 Å². The molecule has 3 aromatic rings. The van der Waals surface area contributed by atoms with Crippen LogP contribution in [0.3, 0.4) is 0 Å². The lowest BCUT2D eigenvalue weighted by atomic mass is 10.1. The van der Waals surface area contributed by atoms with Crippen LogP contribution in [0, 0.1) is 0 Å². The Kier molecular flexibility index (Phi) is 6.00. The minimum Gasteiger partial charge on any atom is -0.497 e. The summed E-state index contributed by atoms with van der Waals surface area (Å²) in [6.07, 6.45) is 0. The molecule has 1 N–H and O–H groups in total. The maximum Gasteiger partial charge on any atom is 0.332 e. The summed E-state index contributed by atoms with van der Waals surface area (Å²) in [6.45, 7) is 3.73. The molecule has 3 rings (SSSR count). The zero-order valence-electron chi connectivity index (χ0n) is 18.0. The van der Waals surface area contributed by atoms with Crippen molar-refractivity contribution in [2.75, 3.05) is 19.5 Å². The highest BCUT2D eigenvalue weighted by Crippen LogP contribution is 2.29. The topological polar surface area (TPSA) is 114 Å². The standard InChI is InChI=1S/C21H24N4O6/c1-6-24-16(26)11-13(17-19(24)23(3)21(29)25(7-2)20(17)28)18(27)22-14-9-8-12(30-4)10-15(14)31-5/h8-11H,6-7H2,1-5H3,(H,22,27). The fraction of sp³-hybridized carbons (Fsp3) is 0.333. The first-order chi connectivity index (χ1) is 14.8. The normalized spacial score (nSPS) is 10.9. The summed E-state index contributed by atoms with van der Waals surface area (Å²) in [5.41, 5.74) is -1.37. The van der Waals surface area contributed by atoms with E-state index in [1.807, 2.05) is 0 Å². The summed E-state index contributed by atoms with van der Waals surface area (Å²) in [6, 6.07) is 5.93. The summed E-state index contributed by atoms with van der Waals surface area (Å²) in [7, 11) is 4.42. The molecule has 0 bridgehead atoms. The molecule has 0 atom stereocenters. The van der Waals surface area contributed by atoms with E-state index in [4.69, 9.17) is 9.47 Å². The molecule has 0 unspecified atom stereocenters. The Morgan fingerprint density at radius 2 is 1.68 bits per heavy atom. The molecule has 2 heterocycles. The van der Waals surface area contributed by atoms with Crippen molar-refractivity contribution in [3.63, 3.8) is 0 Å². The van der Waals surface area contributed by atoms with Gasteiger partial charge in [0.1, 0.15) is 17.1 Å². The SMILES string of the molecule is CCn1c(=O)c2c(C(=O)Nc3ccc(OC)cc3OC)cc(=O)n(CC)c2n(C)c1=O. The number of aryl methyl sites for hydroxylation is 2. The van der Waals surface area contributed by atoms with E-state index in [0.717, 1.165) is 10.6 Å². The Labute approximate surface area is 177 Å². The van der Waals surface area contributed by atoms with Crippen molar-refractivity contribution in [3.05, 3.63) is 61.0 Å². The molecule has 10 heteroatoms. The number of carbonyl (C=O) groups excluding carboxylic acids is 1. The van der Waals surface area contributed by atoms with E-state index in [1.165, 1.54) is 30.4 Å². The van der Waals surface area contributed by atoms with Crippen molar-refractivity contribution in [1.82, 2.24) is 13.7 Å². The zero-order valence-corrected chi connectivity index (χ0v) is 18.0. The van der Waals surface area contributed by atoms with Crippen LogP contribution in [0.15, 0.2) is 38.6 Å². The third kappa shape index (κ3) is 3.60. The van der Waals surface area contributed by atoms with Crippen molar-refractivity contribution in [3.8, 4) is 11.5 Å². The zero-order chi connectivity index (χ0) is 22.9. The van der Waals surface area contributed by atoms with Gasteiger partial charge in [0.15, 0.2) is 0 Å². The number of benzene rings is 1. The van der Waals surface area contributed by atoms with Gasteiger partial charge in [-0.3, -0.25) is 28.1 Å². The monoisotopic (exact) mass is 428 g/mol. The van der Waals surface area contributed by atoms with Crippen LogP contribution in [0.25, 0.3) is 11.0 Å². The summed E-state index contributed by atoms with van der Waals surface area (Å²) in [5, 5.41) is 2.68. The van der Waals surface area contributed by atoms with Crippen molar-refractivity contribution in [1.29, 1.82) is 0 Å². The second-order valence-electron chi connectivity index (χ2n) is 6.75. The van der Waals surface area contributed by atoms with Crippen LogP contribution in [0.2, 0.25) is 0 Å². The number of nitrogens with one attached hydrogen (secondary N) is 1. The quantitative estimate of drug-likeness (QED) is 0.631. The van der Waals surface area contributed by atoms with Gasteiger partial charge in [0, 0.05) is 32.3 Å². The average molecular weight is 428 g/mol. The molecule has 10 nitrogen and oxygen atoms in total. The van der Waals surface area contributed by atoms with Gasteiger partial charge in [-0.15, -0.1) is 0 Å². The Morgan fingerprint density at radius 3 is 2.26 bits per heavy atom. The molecular formula is C21H24N4O6. The predicted molar refractivity (Wildman–Crippen MR) is 117 cm³/mol. The number of aromatic nitrogens is 3. The summed E-state index contributed by atoms with van der Waals surface area (Å²) in [5.74, 6) is 0.205. The minimum atomic E-state index is -0.674. The van der Waals surface area contributed by atoms with E-state index in [0.29, 0.717) is 17.2 Å². The van der Waals surface area contributed by atoms with Crippen molar-refractivity contribution in [2.24, 2.45) is 7.05 Å². The number of ether oxygens (including phenoxy) is 2. The molecule has 0 saturated carbocycles. The molecule has 2 aromatic heterocycles. The van der Waals surface area contributed by atoms with Gasteiger partial charge in [-0.2, -0.15) is 0 Å². The van der Waals surface area contributed by atoms with E-state index in [1.54, 1.807) is 32.0 Å². The molecule has 1 aromatic carbocycles. The van der Waals surface area contributed by atoms with Crippen LogP contribution >= 0.6 is 0 Å². The summed E-state index contributed by atoms with van der Waals surface area (Å²) >= 11 is 0. The number of rotatable bonds is 6. The third-order valence-electron chi connectivity index (χ3n) is 5.11. The first-order valence-corrected chi connectivity index (χ1v) is 9.69. The molecule has 0 saturated heterocycles. The van der Waals surface area contributed by atoms with Crippen LogP contribution in [-0.4, -0.2) is 33.8 Å². The van der Waals surface area contributed by atoms with Crippen LogP contribution < -0.4 is 31.6 Å². The largest absolute Gasteiger partial charge is 0.497 e. The van der Waals surface area contributed by atoms with Gasteiger partial charge in [0.25, 0.3) is 17.0 Å². The van der Waals surface area contributed by atoms with Crippen molar-refractivity contribution in [2.45, 2.75) is 26.9 Å².